The number of amides is 2. The van der Waals surface area contributed by atoms with Gasteiger partial charge in [-0.3, -0.25) is 9.59 Å². The maximum atomic E-state index is 13.3. The zero-order valence-electron chi connectivity index (χ0n) is 12.7. The number of halogens is 1. The van der Waals surface area contributed by atoms with Crippen molar-refractivity contribution in [2.45, 2.75) is 26.2 Å². The monoisotopic (exact) mass is 332 g/mol. The van der Waals surface area contributed by atoms with Gasteiger partial charge in [-0.25, -0.2) is 4.39 Å². The van der Waals surface area contributed by atoms with Crippen molar-refractivity contribution in [3.8, 4) is 0 Å². The summed E-state index contributed by atoms with van der Waals surface area (Å²) in [6, 6.07) is 5.43. The van der Waals surface area contributed by atoms with Crippen molar-refractivity contribution in [1.82, 2.24) is 0 Å². The number of nitrogens with two attached hydrogens (primary N) is 1. The maximum absolute atomic E-state index is 13.3. The van der Waals surface area contributed by atoms with Gasteiger partial charge in [-0.15, -0.1) is 11.3 Å². The molecule has 0 bridgehead atoms. The Kier molecular flexibility index (Phi) is 4.17. The van der Waals surface area contributed by atoms with E-state index in [1.807, 2.05) is 0 Å². The molecule has 3 N–H and O–H groups in total. The number of anilines is 1. The molecule has 1 unspecified atom stereocenters. The highest BCUT2D eigenvalue weighted by Crippen LogP contribution is 2.39. The van der Waals surface area contributed by atoms with E-state index in [0.717, 1.165) is 35.8 Å². The second kappa shape index (κ2) is 6.12. The van der Waals surface area contributed by atoms with E-state index in [0.29, 0.717) is 16.5 Å². The van der Waals surface area contributed by atoms with Crippen molar-refractivity contribution in [2.24, 2.45) is 11.7 Å². The van der Waals surface area contributed by atoms with Gasteiger partial charge in [-0.1, -0.05) is 13.0 Å². The number of benzene rings is 1. The SMILES string of the molecule is CC1CCc2c(sc(NC(=O)c3cccc(F)c3)c2C(N)=O)C1. The number of carbonyl (C=O) groups excluding carboxylic acids is 2. The Balaban J connectivity index is 1.94. The molecule has 0 saturated carbocycles. The number of hydrogen-bond acceptors (Lipinski definition) is 3. The minimum Gasteiger partial charge on any atom is -0.365 e. The van der Waals surface area contributed by atoms with Crippen LogP contribution in [0.25, 0.3) is 0 Å². The Morgan fingerprint density at radius 1 is 1.39 bits per heavy atom. The average molecular weight is 332 g/mol. The molecule has 1 aliphatic carbocycles. The molecule has 120 valence electrons. The van der Waals surface area contributed by atoms with Crippen LogP contribution in [0.1, 0.15) is 44.5 Å². The van der Waals surface area contributed by atoms with Crippen molar-refractivity contribution in [2.75, 3.05) is 5.32 Å². The van der Waals surface area contributed by atoms with E-state index < -0.39 is 17.6 Å². The number of carbonyl (C=O) groups is 2. The molecule has 4 nitrogen and oxygen atoms in total. The van der Waals surface area contributed by atoms with Gasteiger partial charge in [0.2, 0.25) is 0 Å². The van der Waals surface area contributed by atoms with Crippen LogP contribution in [0.2, 0.25) is 0 Å². The lowest BCUT2D eigenvalue weighted by atomic mass is 9.88. The summed E-state index contributed by atoms with van der Waals surface area (Å²) in [4.78, 5) is 25.2. The third-order valence-corrected chi connectivity index (χ3v) is 5.24. The Morgan fingerprint density at radius 2 is 2.17 bits per heavy atom. The largest absolute Gasteiger partial charge is 0.365 e. The van der Waals surface area contributed by atoms with Crippen LogP contribution in [0.4, 0.5) is 9.39 Å². The van der Waals surface area contributed by atoms with Crippen LogP contribution >= 0.6 is 11.3 Å². The predicted molar refractivity (Wildman–Crippen MR) is 88.4 cm³/mol. The van der Waals surface area contributed by atoms with Gasteiger partial charge >= 0.3 is 0 Å². The van der Waals surface area contributed by atoms with E-state index in [4.69, 9.17) is 5.73 Å². The molecule has 1 aromatic heterocycles. The van der Waals surface area contributed by atoms with Crippen LogP contribution in [0.15, 0.2) is 24.3 Å². The van der Waals surface area contributed by atoms with Crippen LogP contribution in [-0.2, 0) is 12.8 Å². The zero-order valence-corrected chi connectivity index (χ0v) is 13.5. The quantitative estimate of drug-likeness (QED) is 0.904. The first-order chi connectivity index (χ1) is 11.0. The first-order valence-corrected chi connectivity index (χ1v) is 8.28. The van der Waals surface area contributed by atoms with Gasteiger partial charge in [0.05, 0.1) is 5.56 Å². The fraction of sp³-hybridized carbons (Fsp3) is 0.294. The summed E-state index contributed by atoms with van der Waals surface area (Å²) in [5.74, 6) is -0.911. The molecular formula is C17H17FN2O2S. The molecule has 0 spiro atoms. The van der Waals surface area contributed by atoms with Crippen LogP contribution in [0.3, 0.4) is 0 Å². The fourth-order valence-electron chi connectivity index (χ4n) is 2.90. The van der Waals surface area contributed by atoms with E-state index in [1.54, 1.807) is 0 Å². The molecule has 1 aromatic carbocycles. The highest BCUT2D eigenvalue weighted by Gasteiger charge is 2.27. The topological polar surface area (TPSA) is 72.2 Å². The van der Waals surface area contributed by atoms with Crippen LogP contribution in [0, 0.1) is 11.7 Å². The smallest absolute Gasteiger partial charge is 0.256 e. The first-order valence-electron chi connectivity index (χ1n) is 7.47. The molecule has 6 heteroatoms. The standard InChI is InChI=1S/C17H17FN2O2S/c1-9-5-6-12-13(7-9)23-17(14(12)15(19)21)20-16(22)10-3-2-4-11(18)8-10/h2-4,8-9H,5-7H2,1H3,(H2,19,21)(H,20,22). The van der Waals surface area contributed by atoms with Gasteiger partial charge in [-0.2, -0.15) is 0 Å². The van der Waals surface area contributed by atoms with Gasteiger partial charge in [0.25, 0.3) is 11.8 Å². The molecule has 0 saturated heterocycles. The third kappa shape index (κ3) is 3.12. The lowest BCUT2D eigenvalue weighted by Crippen LogP contribution is -2.19. The number of hydrogen-bond donors (Lipinski definition) is 2. The highest BCUT2D eigenvalue weighted by molar-refractivity contribution is 7.17. The highest BCUT2D eigenvalue weighted by atomic mass is 32.1. The molecule has 23 heavy (non-hydrogen) atoms. The van der Waals surface area contributed by atoms with Crippen LogP contribution < -0.4 is 11.1 Å². The van der Waals surface area contributed by atoms with Crippen molar-refractivity contribution in [3.63, 3.8) is 0 Å². The molecule has 2 amide bonds. The summed E-state index contributed by atoms with van der Waals surface area (Å²) < 4.78 is 13.3. The zero-order chi connectivity index (χ0) is 16.6. The molecule has 0 fully saturated rings. The van der Waals surface area contributed by atoms with Gasteiger partial charge in [0.1, 0.15) is 10.8 Å². The van der Waals surface area contributed by atoms with Gasteiger partial charge in [0.15, 0.2) is 0 Å². The van der Waals surface area contributed by atoms with Crippen molar-refractivity contribution in [1.29, 1.82) is 0 Å². The Morgan fingerprint density at radius 3 is 2.87 bits per heavy atom. The Bertz CT molecular complexity index is 785. The van der Waals surface area contributed by atoms with Crippen molar-refractivity contribution >= 4 is 28.2 Å². The second-order valence-corrected chi connectivity index (χ2v) is 6.99. The molecular weight excluding hydrogens is 315 g/mol. The number of nitrogens with one attached hydrogen (secondary N) is 1. The average Bonchev–Trinajstić information content (AvgIpc) is 2.84. The summed E-state index contributed by atoms with van der Waals surface area (Å²) in [6.45, 7) is 2.16. The van der Waals surface area contributed by atoms with E-state index in [-0.39, 0.29) is 5.56 Å². The van der Waals surface area contributed by atoms with Crippen LogP contribution in [-0.4, -0.2) is 11.8 Å². The molecule has 1 atom stereocenters. The molecule has 1 aliphatic rings. The van der Waals surface area contributed by atoms with Gasteiger partial charge in [-0.05, 0) is 48.9 Å². The van der Waals surface area contributed by atoms with E-state index in [1.165, 1.54) is 29.5 Å². The maximum Gasteiger partial charge on any atom is 0.256 e. The summed E-state index contributed by atoms with van der Waals surface area (Å²) in [5, 5.41) is 3.18. The summed E-state index contributed by atoms with van der Waals surface area (Å²) >= 11 is 1.39. The summed E-state index contributed by atoms with van der Waals surface area (Å²) in [7, 11) is 0. The molecule has 2 aromatic rings. The minimum absolute atomic E-state index is 0.208. The Labute approximate surface area is 137 Å². The summed E-state index contributed by atoms with van der Waals surface area (Å²) in [5.41, 5.74) is 7.08. The fourth-order valence-corrected chi connectivity index (χ4v) is 4.32. The second-order valence-electron chi connectivity index (χ2n) is 5.88. The first kappa shape index (κ1) is 15.7. The molecule has 0 radical (unpaired) electrons. The number of thiophene rings is 1. The minimum atomic E-state index is -0.536. The predicted octanol–water partition coefficient (Wildman–Crippen LogP) is 3.36. The van der Waals surface area contributed by atoms with Crippen molar-refractivity contribution in [3.05, 3.63) is 51.7 Å². The number of rotatable bonds is 3. The van der Waals surface area contributed by atoms with E-state index in [2.05, 4.69) is 12.2 Å². The molecule has 1 heterocycles. The molecule has 3 rings (SSSR count). The number of primary amides is 1. The van der Waals surface area contributed by atoms with E-state index >= 15 is 0 Å². The lowest BCUT2D eigenvalue weighted by molar-refractivity contribution is 0.1000. The van der Waals surface area contributed by atoms with Gasteiger partial charge in [0, 0.05) is 10.4 Å². The normalized spacial score (nSPS) is 16.7. The lowest BCUT2D eigenvalue weighted by Gasteiger charge is -2.18. The third-order valence-electron chi connectivity index (χ3n) is 4.07. The van der Waals surface area contributed by atoms with Gasteiger partial charge < -0.3 is 11.1 Å². The molecule has 0 aliphatic heterocycles. The summed E-state index contributed by atoms with van der Waals surface area (Å²) in [6.07, 6.45) is 2.68. The number of fused-ring (bicyclic) bond motifs is 1. The van der Waals surface area contributed by atoms with Crippen LogP contribution in [0.5, 0.6) is 0 Å². The van der Waals surface area contributed by atoms with E-state index in [9.17, 15) is 14.0 Å². The Hall–Kier alpha value is -2.21. The van der Waals surface area contributed by atoms with Crippen molar-refractivity contribution < 1.29 is 14.0 Å².